The summed E-state index contributed by atoms with van der Waals surface area (Å²) in [6.45, 7) is 5.85. The van der Waals surface area contributed by atoms with Crippen molar-refractivity contribution in [2.75, 3.05) is 13.1 Å². The summed E-state index contributed by atoms with van der Waals surface area (Å²) in [7, 11) is 0. The van der Waals surface area contributed by atoms with E-state index in [1.807, 2.05) is 25.1 Å². The zero-order valence-corrected chi connectivity index (χ0v) is 11.8. The SMILES string of the molecule is CCN(CC(C)C(=O)O)C(=O)c1ccc2c(c1)CNC2. The molecule has 0 spiro atoms. The van der Waals surface area contributed by atoms with Gasteiger partial charge in [0, 0.05) is 31.7 Å². The molecule has 1 amide bonds. The topological polar surface area (TPSA) is 69.6 Å². The maximum atomic E-state index is 12.4. The molecule has 5 nitrogen and oxygen atoms in total. The van der Waals surface area contributed by atoms with E-state index in [0.717, 1.165) is 18.7 Å². The van der Waals surface area contributed by atoms with E-state index in [0.29, 0.717) is 12.1 Å². The summed E-state index contributed by atoms with van der Waals surface area (Å²) in [6.07, 6.45) is 0. The van der Waals surface area contributed by atoms with E-state index in [4.69, 9.17) is 5.11 Å². The number of amides is 1. The molecule has 0 radical (unpaired) electrons. The molecule has 1 aliphatic heterocycles. The number of carboxylic acid groups (broad SMARTS) is 1. The van der Waals surface area contributed by atoms with Gasteiger partial charge in [-0.1, -0.05) is 13.0 Å². The van der Waals surface area contributed by atoms with Crippen LogP contribution >= 0.6 is 0 Å². The molecule has 0 saturated carbocycles. The average molecular weight is 276 g/mol. The molecular weight excluding hydrogens is 256 g/mol. The lowest BCUT2D eigenvalue weighted by Gasteiger charge is -2.23. The predicted molar refractivity (Wildman–Crippen MR) is 75.4 cm³/mol. The molecule has 0 aliphatic carbocycles. The molecule has 1 aromatic carbocycles. The molecule has 0 aromatic heterocycles. The van der Waals surface area contributed by atoms with Gasteiger partial charge in [-0.25, -0.2) is 0 Å². The molecule has 5 heteroatoms. The van der Waals surface area contributed by atoms with E-state index in [1.165, 1.54) is 5.56 Å². The Morgan fingerprint density at radius 1 is 1.35 bits per heavy atom. The van der Waals surface area contributed by atoms with Gasteiger partial charge in [0.2, 0.25) is 0 Å². The number of rotatable bonds is 5. The van der Waals surface area contributed by atoms with Gasteiger partial charge < -0.3 is 15.3 Å². The maximum Gasteiger partial charge on any atom is 0.308 e. The van der Waals surface area contributed by atoms with Crippen LogP contribution in [-0.4, -0.2) is 35.0 Å². The first-order valence-corrected chi connectivity index (χ1v) is 6.87. The number of hydrogen-bond acceptors (Lipinski definition) is 3. The Morgan fingerprint density at radius 2 is 2.05 bits per heavy atom. The number of fused-ring (bicyclic) bond motifs is 1. The van der Waals surface area contributed by atoms with Gasteiger partial charge in [0.05, 0.1) is 5.92 Å². The molecule has 108 valence electrons. The second-order valence-electron chi connectivity index (χ2n) is 5.17. The molecular formula is C15H20N2O3. The van der Waals surface area contributed by atoms with E-state index < -0.39 is 11.9 Å². The highest BCUT2D eigenvalue weighted by Crippen LogP contribution is 2.18. The van der Waals surface area contributed by atoms with Crippen molar-refractivity contribution < 1.29 is 14.7 Å². The van der Waals surface area contributed by atoms with Gasteiger partial charge in [-0.05, 0) is 30.2 Å². The summed E-state index contributed by atoms with van der Waals surface area (Å²) in [6, 6.07) is 5.70. The van der Waals surface area contributed by atoms with E-state index in [1.54, 1.807) is 11.8 Å². The molecule has 1 heterocycles. The minimum Gasteiger partial charge on any atom is -0.481 e. The highest BCUT2D eigenvalue weighted by Gasteiger charge is 2.21. The minimum absolute atomic E-state index is 0.102. The molecule has 1 aliphatic rings. The molecule has 1 atom stereocenters. The standard InChI is InChI=1S/C15H20N2O3/c1-3-17(9-10(2)15(19)20)14(18)11-4-5-12-7-16-8-13(12)6-11/h4-6,10,16H,3,7-9H2,1-2H3,(H,19,20). The third kappa shape index (κ3) is 2.99. The van der Waals surface area contributed by atoms with E-state index in [2.05, 4.69) is 5.32 Å². The van der Waals surface area contributed by atoms with Crippen molar-refractivity contribution in [1.82, 2.24) is 10.2 Å². The molecule has 20 heavy (non-hydrogen) atoms. The van der Waals surface area contributed by atoms with Gasteiger partial charge in [0.25, 0.3) is 5.91 Å². The summed E-state index contributed by atoms with van der Waals surface area (Å²) in [5, 5.41) is 12.2. The number of carboxylic acids is 1. The maximum absolute atomic E-state index is 12.4. The van der Waals surface area contributed by atoms with Gasteiger partial charge in [0.15, 0.2) is 0 Å². The number of aliphatic carboxylic acids is 1. The Hall–Kier alpha value is -1.88. The Balaban J connectivity index is 2.14. The van der Waals surface area contributed by atoms with Gasteiger partial charge in [-0.2, -0.15) is 0 Å². The van der Waals surface area contributed by atoms with Crippen LogP contribution in [0.15, 0.2) is 18.2 Å². The summed E-state index contributed by atoms with van der Waals surface area (Å²) in [5.74, 6) is -1.54. The van der Waals surface area contributed by atoms with Crippen molar-refractivity contribution in [3.8, 4) is 0 Å². The molecule has 1 unspecified atom stereocenters. The van der Waals surface area contributed by atoms with Gasteiger partial charge in [-0.15, -0.1) is 0 Å². The highest BCUT2D eigenvalue weighted by atomic mass is 16.4. The minimum atomic E-state index is -0.880. The average Bonchev–Trinajstić information content (AvgIpc) is 2.90. The summed E-state index contributed by atoms with van der Waals surface area (Å²) >= 11 is 0. The van der Waals surface area contributed by atoms with E-state index >= 15 is 0 Å². The second kappa shape index (κ2) is 6.05. The molecule has 1 aromatic rings. The lowest BCUT2D eigenvalue weighted by molar-refractivity contribution is -0.141. The van der Waals surface area contributed by atoms with Crippen molar-refractivity contribution in [3.05, 3.63) is 34.9 Å². The van der Waals surface area contributed by atoms with Gasteiger partial charge >= 0.3 is 5.97 Å². The van der Waals surface area contributed by atoms with Crippen molar-refractivity contribution in [3.63, 3.8) is 0 Å². The largest absolute Gasteiger partial charge is 0.481 e. The van der Waals surface area contributed by atoms with E-state index in [-0.39, 0.29) is 12.5 Å². The first-order chi connectivity index (χ1) is 9.52. The molecule has 2 rings (SSSR count). The van der Waals surface area contributed by atoms with Crippen LogP contribution in [0.25, 0.3) is 0 Å². The Bertz CT molecular complexity index is 528. The fourth-order valence-electron chi connectivity index (χ4n) is 2.37. The summed E-state index contributed by atoms with van der Waals surface area (Å²) in [5.41, 5.74) is 3.01. The van der Waals surface area contributed by atoms with Crippen LogP contribution in [0, 0.1) is 5.92 Å². The predicted octanol–water partition coefficient (Wildman–Crippen LogP) is 1.47. The van der Waals surface area contributed by atoms with Crippen LogP contribution in [0.3, 0.4) is 0 Å². The fourth-order valence-corrected chi connectivity index (χ4v) is 2.37. The first kappa shape index (κ1) is 14.5. The van der Waals surface area contributed by atoms with Crippen molar-refractivity contribution >= 4 is 11.9 Å². The normalized spacial score (nSPS) is 14.7. The summed E-state index contributed by atoms with van der Waals surface area (Å²) < 4.78 is 0. The molecule has 0 saturated heterocycles. The Labute approximate surface area is 118 Å². The van der Waals surface area contributed by atoms with E-state index in [9.17, 15) is 9.59 Å². The zero-order chi connectivity index (χ0) is 14.7. The number of hydrogen-bond donors (Lipinski definition) is 2. The number of benzene rings is 1. The third-order valence-corrected chi connectivity index (χ3v) is 3.67. The highest BCUT2D eigenvalue weighted by molar-refractivity contribution is 5.94. The van der Waals surface area contributed by atoms with Crippen LogP contribution in [-0.2, 0) is 17.9 Å². The van der Waals surface area contributed by atoms with Crippen LogP contribution in [0.1, 0.15) is 35.3 Å². The lowest BCUT2D eigenvalue weighted by Crippen LogP contribution is -2.36. The molecule has 0 bridgehead atoms. The Kier molecular flexibility index (Phi) is 4.39. The summed E-state index contributed by atoms with van der Waals surface area (Å²) in [4.78, 5) is 24.9. The van der Waals surface area contributed by atoms with Gasteiger partial charge in [0.1, 0.15) is 0 Å². The number of carbonyl (C=O) groups excluding carboxylic acids is 1. The molecule has 2 N–H and O–H groups in total. The van der Waals surface area contributed by atoms with Crippen LogP contribution < -0.4 is 5.32 Å². The number of nitrogens with zero attached hydrogens (tertiary/aromatic N) is 1. The first-order valence-electron chi connectivity index (χ1n) is 6.87. The zero-order valence-electron chi connectivity index (χ0n) is 11.8. The number of carbonyl (C=O) groups is 2. The van der Waals surface area contributed by atoms with Crippen molar-refractivity contribution in [2.45, 2.75) is 26.9 Å². The smallest absolute Gasteiger partial charge is 0.308 e. The molecule has 0 fully saturated rings. The quantitative estimate of drug-likeness (QED) is 0.854. The van der Waals surface area contributed by atoms with Crippen molar-refractivity contribution in [1.29, 1.82) is 0 Å². The van der Waals surface area contributed by atoms with Crippen LogP contribution in [0.4, 0.5) is 0 Å². The van der Waals surface area contributed by atoms with Gasteiger partial charge in [-0.3, -0.25) is 9.59 Å². The van der Waals surface area contributed by atoms with Crippen molar-refractivity contribution in [2.24, 2.45) is 5.92 Å². The number of nitrogens with one attached hydrogen (secondary N) is 1. The van der Waals surface area contributed by atoms with Crippen LogP contribution in [0.2, 0.25) is 0 Å². The van der Waals surface area contributed by atoms with Crippen LogP contribution in [0.5, 0.6) is 0 Å². The lowest BCUT2D eigenvalue weighted by atomic mass is 10.0. The fraction of sp³-hybridized carbons (Fsp3) is 0.467. The monoisotopic (exact) mass is 276 g/mol. The second-order valence-corrected chi connectivity index (χ2v) is 5.17. The third-order valence-electron chi connectivity index (χ3n) is 3.67. The Morgan fingerprint density at radius 3 is 2.70 bits per heavy atom.